The molecule has 1 aromatic rings. The lowest BCUT2D eigenvalue weighted by molar-refractivity contribution is -0.153. The molecule has 0 saturated carbocycles. The maximum absolute atomic E-state index is 13.1. The number of aliphatic hydroxyl groups is 1. The van der Waals surface area contributed by atoms with Gasteiger partial charge >= 0.3 is 0 Å². The summed E-state index contributed by atoms with van der Waals surface area (Å²) in [7, 11) is 1.40. The van der Waals surface area contributed by atoms with E-state index in [1.807, 2.05) is 0 Å². The van der Waals surface area contributed by atoms with E-state index in [-0.39, 0.29) is 19.6 Å². The Bertz CT molecular complexity index is 563. The highest BCUT2D eigenvalue weighted by Crippen LogP contribution is 2.25. The van der Waals surface area contributed by atoms with E-state index in [0.29, 0.717) is 5.56 Å². The van der Waals surface area contributed by atoms with Crippen LogP contribution in [0.3, 0.4) is 0 Å². The number of azide groups is 1. The molecule has 0 bridgehead atoms. The summed E-state index contributed by atoms with van der Waals surface area (Å²) in [6.07, 6.45) is -1.93. The Morgan fingerprint density at radius 1 is 1.43 bits per heavy atom. The molecule has 1 aliphatic heterocycles. The smallest absolute Gasteiger partial charge is 0.183 e. The van der Waals surface area contributed by atoms with Crippen molar-refractivity contribution in [1.82, 2.24) is 0 Å². The highest BCUT2D eigenvalue weighted by Gasteiger charge is 2.38. The van der Waals surface area contributed by atoms with Crippen molar-refractivity contribution in [2.45, 2.75) is 37.6 Å². The van der Waals surface area contributed by atoms with Crippen LogP contribution < -0.4 is 0 Å². The largest absolute Gasteiger partial charge is 0.388 e. The van der Waals surface area contributed by atoms with E-state index in [1.165, 1.54) is 7.11 Å². The number of halogens is 2. The molecule has 1 fully saturated rings. The summed E-state index contributed by atoms with van der Waals surface area (Å²) in [4.78, 5) is 2.73. The van der Waals surface area contributed by atoms with Gasteiger partial charge in [0.05, 0.1) is 25.4 Å². The van der Waals surface area contributed by atoms with Crippen molar-refractivity contribution in [3.63, 3.8) is 0 Å². The fraction of sp³-hybridized carbons (Fsp3) is 0.571. The van der Waals surface area contributed by atoms with Gasteiger partial charge in [0.2, 0.25) is 0 Å². The molecule has 9 heteroatoms. The molecule has 1 N–H and O–H groups in total. The topological polar surface area (TPSA) is 96.7 Å². The molecule has 2 rings (SSSR count). The van der Waals surface area contributed by atoms with Gasteiger partial charge in [-0.05, 0) is 23.2 Å². The quantitative estimate of drug-likeness (QED) is 0.471. The van der Waals surface area contributed by atoms with Crippen LogP contribution in [0.2, 0.25) is 0 Å². The molecule has 0 spiro atoms. The molecule has 0 aliphatic carbocycles. The molecule has 1 aromatic carbocycles. The van der Waals surface area contributed by atoms with E-state index in [2.05, 4.69) is 10.0 Å². The van der Waals surface area contributed by atoms with Gasteiger partial charge in [-0.3, -0.25) is 0 Å². The van der Waals surface area contributed by atoms with Crippen molar-refractivity contribution in [2.75, 3.05) is 13.7 Å². The second-order valence-electron chi connectivity index (χ2n) is 5.15. The first kappa shape index (κ1) is 17.6. The van der Waals surface area contributed by atoms with Crippen LogP contribution in [0.4, 0.5) is 8.78 Å². The van der Waals surface area contributed by atoms with Crippen molar-refractivity contribution in [1.29, 1.82) is 0 Å². The van der Waals surface area contributed by atoms with Gasteiger partial charge in [0, 0.05) is 24.5 Å². The van der Waals surface area contributed by atoms with Gasteiger partial charge in [0.1, 0.15) is 17.7 Å². The van der Waals surface area contributed by atoms with Crippen molar-refractivity contribution in [3.05, 3.63) is 45.8 Å². The zero-order valence-corrected chi connectivity index (χ0v) is 12.4. The van der Waals surface area contributed by atoms with Gasteiger partial charge in [-0.1, -0.05) is 5.11 Å². The second kappa shape index (κ2) is 8.19. The molecular weight excluding hydrogens is 312 g/mol. The van der Waals surface area contributed by atoms with Crippen LogP contribution in [0.1, 0.15) is 12.0 Å². The average Bonchev–Trinajstić information content (AvgIpc) is 2.86. The fourth-order valence-corrected chi connectivity index (χ4v) is 2.40. The van der Waals surface area contributed by atoms with Gasteiger partial charge in [-0.25, -0.2) is 8.78 Å². The number of benzene rings is 1. The minimum Gasteiger partial charge on any atom is -0.388 e. The Kier molecular flexibility index (Phi) is 6.26. The molecule has 0 amide bonds. The number of rotatable bonds is 7. The monoisotopic (exact) mass is 329 g/mol. The molecular formula is C14H17F2N3O4. The van der Waals surface area contributed by atoms with Gasteiger partial charge in [0.15, 0.2) is 6.29 Å². The number of hydrogen-bond donors (Lipinski definition) is 1. The van der Waals surface area contributed by atoms with E-state index in [1.54, 1.807) is 0 Å². The molecule has 1 unspecified atom stereocenters. The summed E-state index contributed by atoms with van der Waals surface area (Å²) < 4.78 is 41.9. The Balaban J connectivity index is 1.91. The third-order valence-electron chi connectivity index (χ3n) is 3.44. The summed E-state index contributed by atoms with van der Waals surface area (Å²) in [6.45, 7) is -0.0644. The molecule has 0 radical (unpaired) electrons. The van der Waals surface area contributed by atoms with Gasteiger partial charge in [-0.15, -0.1) is 0 Å². The molecule has 1 saturated heterocycles. The maximum Gasteiger partial charge on any atom is 0.183 e. The first-order valence-electron chi connectivity index (χ1n) is 6.96. The molecule has 4 atom stereocenters. The number of aliphatic hydroxyl groups excluding tert-OH is 1. The average molecular weight is 329 g/mol. The Morgan fingerprint density at radius 2 is 2.13 bits per heavy atom. The van der Waals surface area contributed by atoms with E-state index in [0.717, 1.165) is 18.2 Å². The van der Waals surface area contributed by atoms with Crippen molar-refractivity contribution in [3.8, 4) is 0 Å². The normalized spacial score (nSPS) is 25.1. The van der Waals surface area contributed by atoms with Crippen LogP contribution in [0.15, 0.2) is 23.3 Å². The highest BCUT2D eigenvalue weighted by molar-refractivity contribution is 5.16. The van der Waals surface area contributed by atoms with Crippen LogP contribution in [0.5, 0.6) is 0 Å². The zero-order valence-electron chi connectivity index (χ0n) is 12.4. The van der Waals surface area contributed by atoms with Crippen LogP contribution in [-0.2, 0) is 20.8 Å². The summed E-state index contributed by atoms with van der Waals surface area (Å²) in [5, 5.41) is 13.3. The molecule has 1 heterocycles. The van der Waals surface area contributed by atoms with Crippen LogP contribution >= 0.6 is 0 Å². The zero-order chi connectivity index (χ0) is 16.8. The predicted octanol–water partition coefficient (Wildman–Crippen LogP) is 2.28. The van der Waals surface area contributed by atoms with E-state index >= 15 is 0 Å². The van der Waals surface area contributed by atoms with E-state index < -0.39 is 36.2 Å². The third-order valence-corrected chi connectivity index (χ3v) is 3.44. The first-order valence-corrected chi connectivity index (χ1v) is 6.96. The summed E-state index contributed by atoms with van der Waals surface area (Å²) in [5.41, 5.74) is 8.95. The lowest BCUT2D eigenvalue weighted by atomic mass is 10.1. The molecule has 7 nitrogen and oxygen atoms in total. The van der Waals surface area contributed by atoms with E-state index in [9.17, 15) is 13.9 Å². The van der Waals surface area contributed by atoms with Crippen molar-refractivity contribution < 1.29 is 28.1 Å². The van der Waals surface area contributed by atoms with Crippen LogP contribution in [0.25, 0.3) is 10.4 Å². The minimum absolute atomic E-state index is 0.0178. The number of nitrogens with zero attached hydrogens (tertiary/aromatic N) is 3. The summed E-state index contributed by atoms with van der Waals surface area (Å²) in [5.74, 6) is -1.39. The summed E-state index contributed by atoms with van der Waals surface area (Å²) in [6, 6.07) is 2.39. The van der Waals surface area contributed by atoms with Gasteiger partial charge < -0.3 is 19.3 Å². The summed E-state index contributed by atoms with van der Waals surface area (Å²) >= 11 is 0. The van der Waals surface area contributed by atoms with E-state index in [4.69, 9.17) is 19.7 Å². The first-order chi connectivity index (χ1) is 11.0. The third kappa shape index (κ3) is 4.85. The second-order valence-corrected chi connectivity index (χ2v) is 5.15. The standard InChI is InChI=1S/C14H17F2N3O4/c1-21-14-12(20)5-13(23-14)11(18-19-17)7-22-6-8-2-9(15)4-10(16)3-8/h2-4,11-14,20H,5-7H2,1H3/t11-,12+,13-,14?/m0/s1. The lowest BCUT2D eigenvalue weighted by Gasteiger charge is -2.19. The minimum atomic E-state index is -0.821. The number of hydrogen-bond acceptors (Lipinski definition) is 5. The van der Waals surface area contributed by atoms with Crippen molar-refractivity contribution in [2.24, 2.45) is 5.11 Å². The van der Waals surface area contributed by atoms with Crippen LogP contribution in [0, 0.1) is 11.6 Å². The fourth-order valence-electron chi connectivity index (χ4n) is 2.40. The maximum atomic E-state index is 13.1. The molecule has 1 aliphatic rings. The Hall–Kier alpha value is -1.77. The SMILES string of the molecule is COC1O[C@H]([C@H](COCc2cc(F)cc(F)c2)N=[N+]=[N-])C[C@H]1O. The van der Waals surface area contributed by atoms with Gasteiger partial charge in [0.25, 0.3) is 0 Å². The molecule has 0 aromatic heterocycles. The predicted molar refractivity (Wildman–Crippen MR) is 75.2 cm³/mol. The lowest BCUT2D eigenvalue weighted by Crippen LogP contribution is -2.29. The highest BCUT2D eigenvalue weighted by atomic mass is 19.1. The van der Waals surface area contributed by atoms with Crippen molar-refractivity contribution >= 4 is 0 Å². The molecule has 126 valence electrons. The molecule has 23 heavy (non-hydrogen) atoms. The van der Waals surface area contributed by atoms with Crippen LogP contribution in [-0.4, -0.2) is 43.4 Å². The Morgan fingerprint density at radius 3 is 2.70 bits per heavy atom. The Labute approximate surface area is 131 Å². The number of methoxy groups -OCH3 is 1. The number of ether oxygens (including phenoxy) is 3. The van der Waals surface area contributed by atoms with Gasteiger partial charge in [-0.2, -0.15) is 0 Å².